The van der Waals surface area contributed by atoms with Gasteiger partial charge in [-0.15, -0.1) is 0 Å². The molecule has 0 aromatic heterocycles. The van der Waals surface area contributed by atoms with Crippen molar-refractivity contribution in [2.24, 2.45) is 0 Å². The molecule has 5 heteroatoms. The first kappa shape index (κ1) is 14.7. The highest BCUT2D eigenvalue weighted by Gasteiger charge is 2.36. The summed E-state index contributed by atoms with van der Waals surface area (Å²) >= 11 is 0. The van der Waals surface area contributed by atoms with Crippen LogP contribution in [-0.2, 0) is 4.79 Å². The number of carbonyl (C=O) groups is 2. The first-order valence-electron chi connectivity index (χ1n) is 5.66. The highest BCUT2D eigenvalue weighted by Crippen LogP contribution is 2.14. The molecule has 0 rings (SSSR count). The number of carbonyl (C=O) groups excluding carboxylic acids is 1. The molecule has 0 aliphatic heterocycles. The molecule has 0 unspecified atom stereocenters. The van der Waals surface area contributed by atoms with Crippen LogP contribution in [0.3, 0.4) is 0 Å². The Morgan fingerprint density at radius 1 is 1.31 bits per heavy atom. The highest BCUT2D eigenvalue weighted by atomic mass is 16.4. The number of rotatable bonds is 6. The van der Waals surface area contributed by atoms with Gasteiger partial charge in [-0.05, 0) is 27.2 Å². The zero-order chi connectivity index (χ0) is 12.8. The van der Waals surface area contributed by atoms with Crippen molar-refractivity contribution in [1.82, 2.24) is 10.2 Å². The molecule has 0 heterocycles. The van der Waals surface area contributed by atoms with Crippen LogP contribution in [0.2, 0.25) is 0 Å². The number of unbranched alkanes of at least 4 members (excludes halogenated alkanes) is 1. The van der Waals surface area contributed by atoms with Crippen LogP contribution in [0.25, 0.3) is 0 Å². The van der Waals surface area contributed by atoms with E-state index < -0.39 is 11.5 Å². The molecule has 0 aliphatic rings. The summed E-state index contributed by atoms with van der Waals surface area (Å²) in [6.07, 6.45) is 1.89. The maximum absolute atomic E-state index is 11.8. The van der Waals surface area contributed by atoms with Crippen LogP contribution >= 0.6 is 0 Å². The number of likely N-dealkylation sites (N-methyl/N-ethyl adjacent to an activating group) is 1. The van der Waals surface area contributed by atoms with E-state index in [1.165, 1.54) is 18.7 Å². The van der Waals surface area contributed by atoms with Gasteiger partial charge in [0.05, 0.1) is 0 Å². The standard InChI is InChI=1S/C11H22N2O3/c1-5-7-8-12-10(16)13(6-2)11(3,4)9(14)15/h5-8H2,1-4H3,(H,12,16)(H,14,15). The third-order valence-electron chi connectivity index (χ3n) is 2.57. The van der Waals surface area contributed by atoms with E-state index in [1.807, 2.05) is 6.92 Å². The molecule has 0 saturated carbocycles. The fourth-order valence-corrected chi connectivity index (χ4v) is 1.38. The van der Waals surface area contributed by atoms with Gasteiger partial charge in [-0.2, -0.15) is 0 Å². The van der Waals surface area contributed by atoms with Gasteiger partial charge in [-0.3, -0.25) is 0 Å². The van der Waals surface area contributed by atoms with Gasteiger partial charge in [0.25, 0.3) is 0 Å². The summed E-state index contributed by atoms with van der Waals surface area (Å²) in [5, 5.41) is 11.8. The lowest BCUT2D eigenvalue weighted by molar-refractivity contribution is -0.147. The van der Waals surface area contributed by atoms with Crippen LogP contribution in [0.5, 0.6) is 0 Å². The largest absolute Gasteiger partial charge is 0.480 e. The minimum absolute atomic E-state index is 0.316. The maximum Gasteiger partial charge on any atom is 0.329 e. The molecular formula is C11H22N2O3. The molecule has 0 aromatic rings. The molecule has 2 N–H and O–H groups in total. The minimum Gasteiger partial charge on any atom is -0.480 e. The molecule has 0 atom stereocenters. The molecule has 94 valence electrons. The van der Waals surface area contributed by atoms with Crippen LogP contribution in [0.1, 0.15) is 40.5 Å². The zero-order valence-corrected chi connectivity index (χ0v) is 10.5. The third kappa shape index (κ3) is 3.72. The van der Waals surface area contributed by atoms with E-state index in [9.17, 15) is 9.59 Å². The molecule has 16 heavy (non-hydrogen) atoms. The summed E-state index contributed by atoms with van der Waals surface area (Å²) in [5.41, 5.74) is -1.18. The smallest absolute Gasteiger partial charge is 0.329 e. The number of carboxylic acid groups (broad SMARTS) is 1. The van der Waals surface area contributed by atoms with E-state index in [0.29, 0.717) is 13.1 Å². The van der Waals surface area contributed by atoms with Gasteiger partial charge in [0.15, 0.2) is 0 Å². The van der Waals surface area contributed by atoms with E-state index in [1.54, 1.807) is 6.92 Å². The Morgan fingerprint density at radius 3 is 2.25 bits per heavy atom. The van der Waals surface area contributed by atoms with Crippen molar-refractivity contribution in [2.75, 3.05) is 13.1 Å². The molecule has 0 radical (unpaired) electrons. The number of hydrogen-bond acceptors (Lipinski definition) is 2. The Bertz CT molecular complexity index is 252. The zero-order valence-electron chi connectivity index (χ0n) is 10.5. The Morgan fingerprint density at radius 2 is 1.88 bits per heavy atom. The van der Waals surface area contributed by atoms with Crippen molar-refractivity contribution < 1.29 is 14.7 Å². The molecule has 2 amide bonds. The Hall–Kier alpha value is -1.26. The average molecular weight is 230 g/mol. The van der Waals surface area contributed by atoms with E-state index in [-0.39, 0.29) is 6.03 Å². The van der Waals surface area contributed by atoms with Crippen LogP contribution in [0.4, 0.5) is 4.79 Å². The van der Waals surface area contributed by atoms with Crippen LogP contribution < -0.4 is 5.32 Å². The molecule has 0 fully saturated rings. The van der Waals surface area contributed by atoms with Crippen LogP contribution in [0.15, 0.2) is 0 Å². The lowest BCUT2D eigenvalue weighted by Crippen LogP contribution is -2.56. The number of urea groups is 1. The number of carboxylic acids is 1. The van der Waals surface area contributed by atoms with Gasteiger partial charge in [-0.25, -0.2) is 9.59 Å². The van der Waals surface area contributed by atoms with Gasteiger partial charge < -0.3 is 15.3 Å². The van der Waals surface area contributed by atoms with Gasteiger partial charge in [0.2, 0.25) is 0 Å². The second-order valence-corrected chi connectivity index (χ2v) is 4.19. The van der Waals surface area contributed by atoms with Crippen molar-refractivity contribution >= 4 is 12.0 Å². The van der Waals surface area contributed by atoms with Gasteiger partial charge in [0.1, 0.15) is 5.54 Å². The minimum atomic E-state index is -1.18. The van der Waals surface area contributed by atoms with E-state index in [0.717, 1.165) is 12.8 Å². The predicted octanol–water partition coefficient (Wildman–Crippen LogP) is 1.68. The molecule has 0 aromatic carbocycles. The SMILES string of the molecule is CCCCNC(=O)N(CC)C(C)(C)C(=O)O. The Labute approximate surface area is 96.8 Å². The Kier molecular flexibility index (Phi) is 5.85. The summed E-state index contributed by atoms with van der Waals surface area (Å²) in [7, 11) is 0. The van der Waals surface area contributed by atoms with Gasteiger partial charge in [0, 0.05) is 13.1 Å². The number of nitrogens with zero attached hydrogens (tertiary/aromatic N) is 1. The first-order chi connectivity index (χ1) is 7.37. The van der Waals surface area contributed by atoms with Crippen LogP contribution in [-0.4, -0.2) is 40.6 Å². The topological polar surface area (TPSA) is 69.6 Å². The summed E-state index contributed by atoms with van der Waals surface area (Å²) in [4.78, 5) is 24.1. The molecule has 0 spiro atoms. The second kappa shape index (κ2) is 6.35. The van der Waals surface area contributed by atoms with Crippen molar-refractivity contribution in [3.8, 4) is 0 Å². The van der Waals surface area contributed by atoms with Crippen molar-refractivity contribution in [3.05, 3.63) is 0 Å². The summed E-state index contributed by atoms with van der Waals surface area (Å²) < 4.78 is 0. The summed E-state index contributed by atoms with van der Waals surface area (Å²) in [6, 6.07) is -0.316. The monoisotopic (exact) mass is 230 g/mol. The normalized spacial score (nSPS) is 11.0. The van der Waals surface area contributed by atoms with Crippen LogP contribution in [0, 0.1) is 0 Å². The van der Waals surface area contributed by atoms with Crippen molar-refractivity contribution in [1.29, 1.82) is 0 Å². The molecule has 0 saturated heterocycles. The summed E-state index contributed by atoms with van der Waals surface area (Å²) in [5.74, 6) is -1.00. The van der Waals surface area contributed by atoms with Crippen molar-refractivity contribution in [2.45, 2.75) is 46.1 Å². The summed E-state index contributed by atoms with van der Waals surface area (Å²) in [6.45, 7) is 7.81. The molecule has 0 bridgehead atoms. The number of nitrogens with one attached hydrogen (secondary N) is 1. The predicted molar refractivity (Wildman–Crippen MR) is 62.4 cm³/mol. The molecule has 5 nitrogen and oxygen atoms in total. The highest BCUT2D eigenvalue weighted by molar-refractivity contribution is 5.85. The van der Waals surface area contributed by atoms with Crippen molar-refractivity contribution in [3.63, 3.8) is 0 Å². The van der Waals surface area contributed by atoms with Gasteiger partial charge >= 0.3 is 12.0 Å². The van der Waals surface area contributed by atoms with E-state index in [4.69, 9.17) is 5.11 Å². The number of aliphatic carboxylic acids is 1. The molecule has 0 aliphatic carbocycles. The third-order valence-corrected chi connectivity index (χ3v) is 2.57. The first-order valence-corrected chi connectivity index (χ1v) is 5.66. The Balaban J connectivity index is 4.48. The van der Waals surface area contributed by atoms with E-state index in [2.05, 4.69) is 5.32 Å². The lowest BCUT2D eigenvalue weighted by Gasteiger charge is -2.34. The quantitative estimate of drug-likeness (QED) is 0.682. The molecular weight excluding hydrogens is 208 g/mol. The van der Waals surface area contributed by atoms with Gasteiger partial charge in [-0.1, -0.05) is 13.3 Å². The maximum atomic E-state index is 11.8. The average Bonchev–Trinajstić information content (AvgIpc) is 2.18. The fraction of sp³-hybridized carbons (Fsp3) is 0.818. The lowest BCUT2D eigenvalue weighted by atomic mass is 10.0. The second-order valence-electron chi connectivity index (χ2n) is 4.19. The number of amides is 2. The number of hydrogen-bond donors (Lipinski definition) is 2. The van der Waals surface area contributed by atoms with E-state index >= 15 is 0 Å². The fourth-order valence-electron chi connectivity index (χ4n) is 1.38.